The molecule has 4 rings (SSSR count). The van der Waals surface area contributed by atoms with Gasteiger partial charge in [-0.15, -0.1) is 0 Å². The summed E-state index contributed by atoms with van der Waals surface area (Å²) in [6.07, 6.45) is 2.16. The third-order valence-corrected chi connectivity index (χ3v) is 4.92. The number of fused-ring (bicyclic) bond motifs is 2. The minimum absolute atomic E-state index is 0.138. The molecule has 0 amide bonds. The molecule has 0 N–H and O–H groups in total. The summed E-state index contributed by atoms with van der Waals surface area (Å²) in [5.74, 6) is 1.05. The van der Waals surface area contributed by atoms with Crippen LogP contribution in [0, 0.1) is 0 Å². The van der Waals surface area contributed by atoms with E-state index in [1.807, 2.05) is 30.3 Å². The zero-order valence-corrected chi connectivity index (χ0v) is 17.0. The summed E-state index contributed by atoms with van der Waals surface area (Å²) in [7, 11) is 3.17. The van der Waals surface area contributed by atoms with E-state index >= 15 is 0 Å². The Labute approximate surface area is 173 Å². The zero-order chi connectivity index (χ0) is 20.9. The van der Waals surface area contributed by atoms with E-state index in [2.05, 4.69) is 16.0 Å². The number of ether oxygens (including phenoxy) is 3. The first-order valence-corrected chi connectivity index (χ1v) is 9.73. The first-order valence-electron chi connectivity index (χ1n) is 9.73. The van der Waals surface area contributed by atoms with Gasteiger partial charge in [-0.2, -0.15) is 0 Å². The summed E-state index contributed by atoms with van der Waals surface area (Å²) in [6.45, 7) is 1.28. The number of nitrogens with zero attached hydrogens (tertiary/aromatic N) is 3. The van der Waals surface area contributed by atoms with Crippen LogP contribution in [0.3, 0.4) is 0 Å². The van der Waals surface area contributed by atoms with Gasteiger partial charge in [0.1, 0.15) is 0 Å². The third-order valence-electron chi connectivity index (χ3n) is 4.92. The summed E-state index contributed by atoms with van der Waals surface area (Å²) in [5.41, 5.74) is 2.33. The van der Waals surface area contributed by atoms with E-state index in [4.69, 9.17) is 14.2 Å². The summed E-state index contributed by atoms with van der Waals surface area (Å²) in [6, 6.07) is 15.5. The summed E-state index contributed by atoms with van der Waals surface area (Å²) < 4.78 is 18.0. The van der Waals surface area contributed by atoms with Crippen LogP contribution < -0.4 is 15.0 Å². The Hall–Kier alpha value is -3.45. The molecule has 4 aromatic rings. The van der Waals surface area contributed by atoms with Gasteiger partial charge in [-0.05, 0) is 18.2 Å². The first kappa shape index (κ1) is 19.8. The highest BCUT2D eigenvalue weighted by molar-refractivity contribution is 5.81. The van der Waals surface area contributed by atoms with E-state index in [9.17, 15) is 4.79 Å². The van der Waals surface area contributed by atoms with Gasteiger partial charge in [-0.1, -0.05) is 24.3 Å². The molecule has 2 heterocycles. The van der Waals surface area contributed by atoms with E-state index in [1.165, 1.54) is 10.9 Å². The van der Waals surface area contributed by atoms with Gasteiger partial charge in [0.15, 0.2) is 11.5 Å². The van der Waals surface area contributed by atoms with Crippen molar-refractivity contribution in [1.82, 2.24) is 14.5 Å². The molecule has 0 radical (unpaired) electrons. The molecule has 7 heteroatoms. The van der Waals surface area contributed by atoms with Crippen molar-refractivity contribution in [3.8, 4) is 11.5 Å². The molecule has 0 bridgehead atoms. The molecule has 0 fully saturated rings. The SMILES string of the molecule is COCCn1cnc2cc(OC)c(OCCc3ccc4ccccc4n3)cc2c1=O. The Morgan fingerprint density at radius 2 is 1.83 bits per heavy atom. The number of hydrogen-bond donors (Lipinski definition) is 0. The zero-order valence-electron chi connectivity index (χ0n) is 17.0. The molecule has 0 atom stereocenters. The minimum Gasteiger partial charge on any atom is -0.493 e. The van der Waals surface area contributed by atoms with Crippen molar-refractivity contribution >= 4 is 21.8 Å². The van der Waals surface area contributed by atoms with Crippen LogP contribution in [0.5, 0.6) is 11.5 Å². The molecule has 154 valence electrons. The fourth-order valence-electron chi connectivity index (χ4n) is 3.30. The Kier molecular flexibility index (Phi) is 5.90. The molecule has 0 aliphatic heterocycles. The van der Waals surface area contributed by atoms with Crippen molar-refractivity contribution in [3.05, 3.63) is 70.9 Å². The number of aromatic nitrogens is 3. The predicted octanol–water partition coefficient (Wildman–Crippen LogP) is 3.22. The van der Waals surface area contributed by atoms with Crippen molar-refractivity contribution in [1.29, 1.82) is 0 Å². The summed E-state index contributed by atoms with van der Waals surface area (Å²) >= 11 is 0. The number of methoxy groups -OCH3 is 2. The second-order valence-electron chi connectivity index (χ2n) is 6.85. The molecular formula is C23H23N3O4. The lowest BCUT2D eigenvalue weighted by Crippen LogP contribution is -2.22. The molecule has 7 nitrogen and oxygen atoms in total. The highest BCUT2D eigenvalue weighted by Gasteiger charge is 2.12. The molecule has 0 aliphatic rings. The second-order valence-corrected chi connectivity index (χ2v) is 6.85. The number of benzene rings is 2. The number of hydrogen-bond acceptors (Lipinski definition) is 6. The molecule has 2 aromatic heterocycles. The van der Waals surface area contributed by atoms with Crippen LogP contribution in [0.15, 0.2) is 59.7 Å². The van der Waals surface area contributed by atoms with Crippen molar-refractivity contribution in [2.24, 2.45) is 0 Å². The number of pyridine rings is 1. The van der Waals surface area contributed by atoms with E-state index < -0.39 is 0 Å². The van der Waals surface area contributed by atoms with Gasteiger partial charge in [0, 0.05) is 30.7 Å². The average molecular weight is 405 g/mol. The second kappa shape index (κ2) is 8.92. The third kappa shape index (κ3) is 4.11. The van der Waals surface area contributed by atoms with Gasteiger partial charge in [-0.3, -0.25) is 14.3 Å². The summed E-state index contributed by atoms with van der Waals surface area (Å²) in [4.78, 5) is 21.8. The molecule has 0 unspecified atom stereocenters. The van der Waals surface area contributed by atoms with Crippen LogP contribution in [0.2, 0.25) is 0 Å². The van der Waals surface area contributed by atoms with Crippen LogP contribution in [0.1, 0.15) is 5.69 Å². The Balaban J connectivity index is 1.55. The maximum atomic E-state index is 12.8. The van der Waals surface area contributed by atoms with Crippen molar-refractivity contribution in [2.75, 3.05) is 27.4 Å². The Bertz CT molecular complexity index is 1240. The van der Waals surface area contributed by atoms with Gasteiger partial charge in [0.25, 0.3) is 5.56 Å². The molecule has 0 saturated heterocycles. The molecule has 0 saturated carbocycles. The fraction of sp³-hybridized carbons (Fsp3) is 0.261. The monoisotopic (exact) mass is 405 g/mol. The molecule has 2 aromatic carbocycles. The Morgan fingerprint density at radius 3 is 2.67 bits per heavy atom. The van der Waals surface area contributed by atoms with Crippen molar-refractivity contribution < 1.29 is 14.2 Å². The van der Waals surface area contributed by atoms with Crippen LogP contribution in [-0.2, 0) is 17.7 Å². The Morgan fingerprint density at radius 1 is 0.967 bits per heavy atom. The van der Waals surface area contributed by atoms with Crippen molar-refractivity contribution in [3.63, 3.8) is 0 Å². The highest BCUT2D eigenvalue weighted by Crippen LogP contribution is 2.30. The smallest absolute Gasteiger partial charge is 0.261 e. The lowest BCUT2D eigenvalue weighted by molar-refractivity contribution is 0.186. The first-order chi connectivity index (χ1) is 14.7. The molecular weight excluding hydrogens is 382 g/mol. The van der Waals surface area contributed by atoms with Gasteiger partial charge in [0.05, 0.1) is 49.6 Å². The molecule has 0 spiro atoms. The largest absolute Gasteiger partial charge is 0.493 e. The quantitative estimate of drug-likeness (QED) is 0.448. The van der Waals surface area contributed by atoms with Crippen LogP contribution in [-0.4, -0.2) is 42.0 Å². The van der Waals surface area contributed by atoms with Crippen molar-refractivity contribution in [2.45, 2.75) is 13.0 Å². The van der Waals surface area contributed by atoms with E-state index in [-0.39, 0.29) is 5.56 Å². The van der Waals surface area contributed by atoms with Crippen LogP contribution in [0.25, 0.3) is 21.8 Å². The minimum atomic E-state index is -0.138. The summed E-state index contributed by atoms with van der Waals surface area (Å²) in [5, 5.41) is 1.59. The molecule has 0 aliphatic carbocycles. The van der Waals surface area contributed by atoms with Gasteiger partial charge < -0.3 is 14.2 Å². The number of para-hydroxylation sites is 1. The number of rotatable bonds is 8. The predicted molar refractivity (Wildman–Crippen MR) is 115 cm³/mol. The molecule has 30 heavy (non-hydrogen) atoms. The van der Waals surface area contributed by atoms with Crippen LogP contribution in [0.4, 0.5) is 0 Å². The maximum absolute atomic E-state index is 12.8. The highest BCUT2D eigenvalue weighted by atomic mass is 16.5. The van der Waals surface area contributed by atoms with E-state index in [0.29, 0.717) is 48.6 Å². The van der Waals surface area contributed by atoms with E-state index in [1.54, 1.807) is 26.4 Å². The lowest BCUT2D eigenvalue weighted by atomic mass is 10.2. The normalized spacial score (nSPS) is 11.1. The van der Waals surface area contributed by atoms with E-state index in [0.717, 1.165) is 16.6 Å². The van der Waals surface area contributed by atoms with Crippen LogP contribution >= 0.6 is 0 Å². The lowest BCUT2D eigenvalue weighted by Gasteiger charge is -2.13. The van der Waals surface area contributed by atoms with Gasteiger partial charge in [-0.25, -0.2) is 4.98 Å². The standard InChI is InChI=1S/C23H23N3O4/c1-28-12-10-26-15-24-20-14-21(29-2)22(13-18(20)23(26)27)30-11-9-17-8-7-16-5-3-4-6-19(16)25-17/h3-8,13-15H,9-12H2,1-2H3. The topological polar surface area (TPSA) is 75.5 Å². The van der Waals surface area contributed by atoms with Gasteiger partial charge in [0.2, 0.25) is 0 Å². The average Bonchev–Trinajstić information content (AvgIpc) is 2.78. The maximum Gasteiger partial charge on any atom is 0.261 e. The van der Waals surface area contributed by atoms with Gasteiger partial charge >= 0.3 is 0 Å². The fourth-order valence-corrected chi connectivity index (χ4v) is 3.30.